The number of aliphatic hydroxyl groups excluding tert-OH is 1. The van der Waals surface area contributed by atoms with Crippen LogP contribution in [0.2, 0.25) is 0 Å². The molecule has 4 rings (SSSR count). The van der Waals surface area contributed by atoms with Gasteiger partial charge < -0.3 is 19.7 Å². The number of likely N-dealkylation sites (tertiary alicyclic amines) is 1. The van der Waals surface area contributed by atoms with Gasteiger partial charge in [-0.15, -0.1) is 0 Å². The molecule has 1 saturated heterocycles. The largest absolute Gasteiger partial charge is 0.389 e. The van der Waals surface area contributed by atoms with Crippen LogP contribution in [0.15, 0.2) is 30.3 Å². The Morgan fingerprint density at radius 1 is 1.12 bits per heavy atom. The number of β-amino-alcohol motifs (C(OH)–C–C–N with tert-alkyl or cyclic N) is 1. The topological polar surface area (TPSA) is 61.4 Å². The van der Waals surface area contributed by atoms with Crippen LogP contribution in [0.3, 0.4) is 0 Å². The molecule has 0 saturated carbocycles. The van der Waals surface area contributed by atoms with Gasteiger partial charge in [0.25, 0.3) is 0 Å². The maximum atomic E-state index is 10.0. The minimum atomic E-state index is -0.403. The van der Waals surface area contributed by atoms with Gasteiger partial charge in [0.05, 0.1) is 18.4 Å². The Bertz CT molecular complexity index is 1040. The molecule has 0 bridgehead atoms. The van der Waals surface area contributed by atoms with Gasteiger partial charge in [-0.3, -0.25) is 4.98 Å². The highest BCUT2D eigenvalue weighted by Crippen LogP contribution is 2.38. The van der Waals surface area contributed by atoms with Gasteiger partial charge in [-0.05, 0) is 87.0 Å². The number of aryl methyl sites for hydroxylation is 2. The number of methoxy groups -OCH3 is 1. The van der Waals surface area contributed by atoms with Crippen LogP contribution in [-0.2, 0) is 4.74 Å². The first-order chi connectivity index (χ1) is 15.4. The molecular formula is C27H37N3O2. The van der Waals surface area contributed by atoms with Crippen molar-refractivity contribution in [3.63, 3.8) is 0 Å². The van der Waals surface area contributed by atoms with Gasteiger partial charge in [-0.25, -0.2) is 0 Å². The number of hydrogen-bond acceptors (Lipinski definition) is 4. The highest BCUT2D eigenvalue weighted by molar-refractivity contribution is 5.92. The molecule has 0 aliphatic carbocycles. The van der Waals surface area contributed by atoms with Gasteiger partial charge >= 0.3 is 0 Å². The third kappa shape index (κ3) is 4.90. The fourth-order valence-electron chi connectivity index (χ4n) is 5.28. The normalized spacial score (nSPS) is 16.8. The number of nitrogens with one attached hydrogen (secondary N) is 1. The molecule has 1 aliphatic rings. The van der Waals surface area contributed by atoms with Crippen LogP contribution in [0.25, 0.3) is 22.2 Å². The molecule has 2 aromatic heterocycles. The third-order valence-corrected chi connectivity index (χ3v) is 6.70. The van der Waals surface area contributed by atoms with E-state index in [0.29, 0.717) is 25.0 Å². The van der Waals surface area contributed by atoms with Crippen molar-refractivity contribution in [3.8, 4) is 11.3 Å². The number of fused-ring (bicyclic) bond motifs is 1. The average molecular weight is 436 g/mol. The molecule has 2 N–H and O–H groups in total. The fraction of sp³-hybridized carbons (Fsp3) is 0.519. The molecule has 5 nitrogen and oxygen atoms in total. The van der Waals surface area contributed by atoms with Gasteiger partial charge in [-0.2, -0.15) is 0 Å². The van der Waals surface area contributed by atoms with E-state index in [4.69, 9.17) is 4.74 Å². The number of hydrogen-bond donors (Lipinski definition) is 2. The summed E-state index contributed by atoms with van der Waals surface area (Å²) in [6, 6.07) is 11.3. The van der Waals surface area contributed by atoms with E-state index in [1.807, 2.05) is 0 Å². The lowest BCUT2D eigenvalue weighted by Gasteiger charge is -2.33. The first-order valence-electron chi connectivity index (χ1n) is 11.9. The first kappa shape index (κ1) is 23.0. The summed E-state index contributed by atoms with van der Waals surface area (Å²) in [6.07, 6.45) is 1.85. The standard InChI is InChI=1S/C27H37N3O2/c1-17(2)26-24-14-21(20-8-10-30(11-9-20)15-23(31)16-32-5)6-7-25(24)29-27(26)22-12-18(3)28-19(4)13-22/h6-7,12-14,17,20,23,29,31H,8-11,15-16H2,1-5H3. The number of aliphatic hydroxyl groups is 1. The summed E-state index contributed by atoms with van der Waals surface area (Å²) >= 11 is 0. The van der Waals surface area contributed by atoms with Gasteiger partial charge in [-0.1, -0.05) is 19.9 Å². The number of aromatic nitrogens is 2. The second-order valence-electron chi connectivity index (χ2n) is 9.70. The molecule has 1 fully saturated rings. The summed E-state index contributed by atoms with van der Waals surface area (Å²) in [5.41, 5.74) is 8.59. The van der Waals surface area contributed by atoms with Crippen molar-refractivity contribution in [2.45, 2.75) is 58.5 Å². The Hall–Kier alpha value is -2.21. The van der Waals surface area contributed by atoms with Crippen molar-refractivity contribution in [1.29, 1.82) is 0 Å². The Morgan fingerprint density at radius 2 is 1.81 bits per heavy atom. The fourth-order valence-corrected chi connectivity index (χ4v) is 5.28. The average Bonchev–Trinajstić information content (AvgIpc) is 3.13. The van der Waals surface area contributed by atoms with E-state index in [0.717, 1.165) is 37.3 Å². The van der Waals surface area contributed by atoms with E-state index < -0.39 is 6.10 Å². The first-order valence-corrected chi connectivity index (χ1v) is 11.9. The zero-order chi connectivity index (χ0) is 22.8. The number of nitrogens with zero attached hydrogens (tertiary/aromatic N) is 2. The molecule has 1 atom stereocenters. The van der Waals surface area contributed by atoms with Crippen LogP contribution in [0, 0.1) is 13.8 Å². The number of aromatic amines is 1. The number of ether oxygens (including phenoxy) is 1. The highest BCUT2D eigenvalue weighted by atomic mass is 16.5. The van der Waals surface area contributed by atoms with E-state index in [9.17, 15) is 5.11 Å². The van der Waals surface area contributed by atoms with Gasteiger partial charge in [0.2, 0.25) is 0 Å². The molecule has 5 heteroatoms. The molecular weight excluding hydrogens is 398 g/mol. The van der Waals surface area contributed by atoms with Crippen LogP contribution in [0.4, 0.5) is 0 Å². The Kier molecular flexibility index (Phi) is 6.99. The lowest BCUT2D eigenvalue weighted by molar-refractivity contribution is 0.0320. The third-order valence-electron chi connectivity index (χ3n) is 6.70. The smallest absolute Gasteiger partial charge is 0.0900 e. The summed E-state index contributed by atoms with van der Waals surface area (Å²) in [5.74, 6) is 0.992. The number of benzene rings is 1. The van der Waals surface area contributed by atoms with Crippen molar-refractivity contribution in [2.75, 3.05) is 33.4 Å². The van der Waals surface area contributed by atoms with Crippen LogP contribution < -0.4 is 0 Å². The van der Waals surface area contributed by atoms with Gasteiger partial charge in [0, 0.05) is 41.5 Å². The van der Waals surface area contributed by atoms with Crippen LogP contribution in [0.1, 0.15) is 61.0 Å². The zero-order valence-corrected chi connectivity index (χ0v) is 20.1. The monoisotopic (exact) mass is 435 g/mol. The molecule has 172 valence electrons. The highest BCUT2D eigenvalue weighted by Gasteiger charge is 2.24. The second-order valence-corrected chi connectivity index (χ2v) is 9.70. The number of rotatable bonds is 7. The van der Waals surface area contributed by atoms with Gasteiger partial charge in [0.15, 0.2) is 0 Å². The molecule has 0 radical (unpaired) electrons. The number of H-pyrrole nitrogens is 1. The molecule has 3 heterocycles. The minimum Gasteiger partial charge on any atom is -0.389 e. The predicted molar refractivity (Wildman–Crippen MR) is 131 cm³/mol. The number of piperidine rings is 1. The molecule has 3 aromatic rings. The van der Waals surface area contributed by atoms with E-state index in [1.54, 1.807) is 7.11 Å². The molecule has 1 unspecified atom stereocenters. The Labute approximate surface area is 191 Å². The SMILES string of the molecule is COCC(O)CN1CCC(c2ccc3[nH]c(-c4cc(C)nc(C)c4)c(C(C)C)c3c2)CC1. The van der Waals surface area contributed by atoms with Crippen molar-refractivity contribution >= 4 is 10.9 Å². The minimum absolute atomic E-state index is 0.403. The van der Waals surface area contributed by atoms with E-state index in [2.05, 4.69) is 72.9 Å². The number of pyridine rings is 1. The van der Waals surface area contributed by atoms with E-state index >= 15 is 0 Å². The van der Waals surface area contributed by atoms with E-state index in [-0.39, 0.29) is 0 Å². The molecule has 0 amide bonds. The summed E-state index contributed by atoms with van der Waals surface area (Å²) in [6.45, 7) is 11.8. The Balaban J connectivity index is 1.60. The van der Waals surface area contributed by atoms with Crippen LogP contribution in [0.5, 0.6) is 0 Å². The van der Waals surface area contributed by atoms with Crippen molar-refractivity contribution in [2.24, 2.45) is 0 Å². The second kappa shape index (κ2) is 9.74. The van der Waals surface area contributed by atoms with Crippen molar-refractivity contribution in [3.05, 3.63) is 52.8 Å². The molecule has 1 aromatic carbocycles. The van der Waals surface area contributed by atoms with Crippen molar-refractivity contribution < 1.29 is 9.84 Å². The molecule has 0 spiro atoms. The lowest BCUT2D eigenvalue weighted by Crippen LogP contribution is -2.39. The van der Waals surface area contributed by atoms with Crippen LogP contribution in [-0.4, -0.2) is 59.4 Å². The van der Waals surface area contributed by atoms with Gasteiger partial charge in [0.1, 0.15) is 0 Å². The summed E-state index contributed by atoms with van der Waals surface area (Å²) in [7, 11) is 1.64. The lowest BCUT2D eigenvalue weighted by atomic mass is 9.87. The maximum absolute atomic E-state index is 10.0. The molecule has 1 aliphatic heterocycles. The quantitative estimate of drug-likeness (QED) is 0.538. The predicted octanol–water partition coefficient (Wildman–Crippen LogP) is 5.16. The summed E-state index contributed by atoms with van der Waals surface area (Å²) in [5, 5.41) is 11.4. The van der Waals surface area contributed by atoms with Crippen molar-refractivity contribution in [1.82, 2.24) is 14.9 Å². The van der Waals surface area contributed by atoms with Crippen LogP contribution >= 0.6 is 0 Å². The Morgan fingerprint density at radius 3 is 2.44 bits per heavy atom. The van der Waals surface area contributed by atoms with E-state index in [1.165, 1.54) is 33.3 Å². The summed E-state index contributed by atoms with van der Waals surface area (Å²) < 4.78 is 5.07. The zero-order valence-electron chi connectivity index (χ0n) is 20.1. The summed E-state index contributed by atoms with van der Waals surface area (Å²) in [4.78, 5) is 10.6. The maximum Gasteiger partial charge on any atom is 0.0900 e. The molecule has 32 heavy (non-hydrogen) atoms.